The van der Waals surface area contributed by atoms with Crippen molar-refractivity contribution in [2.45, 2.75) is 13.0 Å². The van der Waals surface area contributed by atoms with Gasteiger partial charge in [0, 0.05) is 15.7 Å². The second-order valence-corrected chi connectivity index (χ2v) is 4.69. The summed E-state index contributed by atoms with van der Waals surface area (Å²) in [5.74, 6) is 0.0866. The van der Waals surface area contributed by atoms with Crippen LogP contribution < -0.4 is 55.5 Å². The van der Waals surface area contributed by atoms with Crippen molar-refractivity contribution >= 4 is 23.5 Å². The smallest absolute Gasteiger partial charge is 0.434 e. The van der Waals surface area contributed by atoms with Crippen LogP contribution in [0.4, 0.5) is 5.95 Å². The Morgan fingerprint density at radius 3 is 2.55 bits per heavy atom. The van der Waals surface area contributed by atoms with Crippen LogP contribution in [0.5, 0.6) is 0 Å². The fourth-order valence-electron chi connectivity index (χ4n) is 1.41. The van der Waals surface area contributed by atoms with Gasteiger partial charge >= 0.3 is 11.9 Å². The largest absolute Gasteiger partial charge is 1.00 e. The van der Waals surface area contributed by atoms with Crippen LogP contribution in [0, 0.1) is 0 Å². The third kappa shape index (κ3) is 5.84. The van der Waals surface area contributed by atoms with Crippen LogP contribution in [0.2, 0.25) is 5.02 Å². The number of rotatable bonds is 4. The maximum absolute atomic E-state index is 11.4. The maximum Gasteiger partial charge on any atom is 0.434 e. The summed E-state index contributed by atoms with van der Waals surface area (Å²) >= 11 is 5.84. The molecule has 1 unspecified atom stereocenters. The predicted molar refractivity (Wildman–Crippen MR) is 73.1 cm³/mol. The van der Waals surface area contributed by atoms with Crippen LogP contribution in [-0.4, -0.2) is 22.1 Å². The number of amides is 1. The number of carbonyl (C=O) groups is 1. The second kappa shape index (κ2) is 9.67. The minimum atomic E-state index is -0.366. The Morgan fingerprint density at radius 1 is 1.32 bits per heavy atom. The second-order valence-electron chi connectivity index (χ2n) is 4.25. The topological polar surface area (TPSA) is 109 Å². The van der Waals surface area contributed by atoms with Crippen molar-refractivity contribution in [3.05, 3.63) is 35.5 Å². The van der Waals surface area contributed by atoms with Gasteiger partial charge in [-0.1, -0.05) is 16.7 Å². The monoisotopic (exact) mass is 452 g/mol. The van der Waals surface area contributed by atoms with Gasteiger partial charge in [0.05, 0.1) is 0 Å². The van der Waals surface area contributed by atoms with Crippen molar-refractivity contribution in [3.8, 4) is 11.3 Å². The van der Waals surface area contributed by atoms with E-state index in [1.165, 1.54) is 0 Å². The Kier molecular flexibility index (Phi) is 9.10. The Bertz CT molecular complexity index is 611. The van der Waals surface area contributed by atoms with Gasteiger partial charge in [0.2, 0.25) is 0 Å². The van der Waals surface area contributed by atoms with Crippen molar-refractivity contribution in [2.75, 3.05) is 5.43 Å². The molecule has 0 aliphatic heterocycles. The highest BCUT2D eigenvalue weighted by molar-refractivity contribution is 6.30. The van der Waals surface area contributed by atoms with Gasteiger partial charge in [-0.2, -0.15) is 5.43 Å². The number of hydrogen-bond acceptors (Lipinski definition) is 4. The fraction of sp³-hybridized carbons (Fsp3) is 0.167. The van der Waals surface area contributed by atoms with E-state index >= 15 is 0 Å². The first-order chi connectivity index (χ1) is 9.56. The van der Waals surface area contributed by atoms with Gasteiger partial charge in [-0.25, -0.2) is 10.4 Å². The molecule has 1 heterocycles. The zero-order valence-electron chi connectivity index (χ0n) is 11.6. The summed E-state index contributed by atoms with van der Waals surface area (Å²) in [5, 5.41) is 8.36. The molecule has 0 bridgehead atoms. The van der Waals surface area contributed by atoms with Crippen molar-refractivity contribution in [1.82, 2.24) is 15.6 Å². The molecule has 1 amide bonds. The highest BCUT2D eigenvalue weighted by atomic mass is 79.9. The first-order valence-corrected chi connectivity index (χ1v) is 6.34. The Morgan fingerprint density at radius 2 is 1.95 bits per heavy atom. The molecule has 2 aromatic rings. The summed E-state index contributed by atoms with van der Waals surface area (Å²) < 4.78 is 0. The molecule has 22 heavy (non-hydrogen) atoms. The molecule has 2 rings (SSSR count). The average Bonchev–Trinajstić information content (AvgIpc) is 2.45. The zero-order valence-corrected chi connectivity index (χ0v) is 15.5. The van der Waals surface area contributed by atoms with Gasteiger partial charge in [0.25, 0.3) is 0 Å². The molecule has 0 aliphatic carbocycles. The molecular weight excluding hydrogens is 439 g/mol. The van der Waals surface area contributed by atoms with Crippen molar-refractivity contribution in [3.63, 3.8) is 0 Å². The molecule has 0 aliphatic rings. The third-order valence-electron chi connectivity index (χ3n) is 2.50. The summed E-state index contributed by atoms with van der Waals surface area (Å²) in [4.78, 5) is 14.4. The number of nitrogens with zero attached hydrogens (tertiary/aromatic N) is 2. The van der Waals surface area contributed by atoms with Crippen LogP contribution in [0.25, 0.3) is 11.3 Å². The normalized spacial score (nSPS) is 10.7. The quantitative estimate of drug-likeness (QED) is 0.400. The first kappa shape index (κ1) is 20.7. The van der Waals surface area contributed by atoms with Gasteiger partial charge in [0.15, 0.2) is 6.04 Å². The number of benzene rings is 1. The molecule has 0 spiro atoms. The lowest BCUT2D eigenvalue weighted by atomic mass is 10.2. The van der Waals surface area contributed by atoms with E-state index in [9.17, 15) is 4.79 Å². The van der Waals surface area contributed by atoms with Crippen LogP contribution in [-0.2, 0) is 4.79 Å². The van der Waals surface area contributed by atoms with Crippen LogP contribution in [0.1, 0.15) is 6.92 Å². The first-order valence-electron chi connectivity index (χ1n) is 5.96. The molecule has 1 aromatic carbocycles. The summed E-state index contributed by atoms with van der Waals surface area (Å²) in [6.45, 7) is 1.69. The molecule has 0 saturated carbocycles. The number of aromatic nitrogens is 3. The number of halogens is 3. The third-order valence-corrected chi connectivity index (χ3v) is 2.76. The minimum Gasteiger partial charge on any atom is -1.00 e. The molecule has 120 valence electrons. The fourth-order valence-corrected chi connectivity index (χ4v) is 1.53. The average molecular weight is 455 g/mol. The number of H-pyrrole nitrogens is 1. The summed E-state index contributed by atoms with van der Waals surface area (Å²) in [7, 11) is 0. The lowest BCUT2D eigenvalue weighted by Gasteiger charge is -2.03. The van der Waals surface area contributed by atoms with Crippen molar-refractivity contribution < 1.29 is 49.5 Å². The SMILES string of the molecule is CC([NH3+])C(=O)NNc1nncc(-c2ccc(Cl)cc2)[nH+]1.[Br-].[Br-]. The number of hydrazine groups is 1. The highest BCUT2D eigenvalue weighted by Crippen LogP contribution is 2.16. The van der Waals surface area contributed by atoms with Crippen molar-refractivity contribution in [1.29, 1.82) is 0 Å². The van der Waals surface area contributed by atoms with E-state index in [1.54, 1.807) is 25.3 Å². The Balaban J connectivity index is 0.00000220. The van der Waals surface area contributed by atoms with E-state index < -0.39 is 0 Å². The highest BCUT2D eigenvalue weighted by Gasteiger charge is 2.14. The van der Waals surface area contributed by atoms with Crippen LogP contribution in [0.15, 0.2) is 30.5 Å². The molecule has 7 nitrogen and oxygen atoms in total. The number of nitrogens with one attached hydrogen (secondary N) is 3. The minimum absolute atomic E-state index is 0. The standard InChI is InChI=1S/C12H13ClN6O.2BrH/c1-7(14)11(20)17-19-12-16-10(6-15-18-12)8-2-4-9(13)5-3-8;;/h2-7H,14H2,1H3,(H,17,20)(H,16,18,19);2*1H. The van der Waals surface area contributed by atoms with Crippen LogP contribution >= 0.6 is 11.6 Å². The summed E-state index contributed by atoms with van der Waals surface area (Å²) in [5.41, 5.74) is 10.4. The summed E-state index contributed by atoms with van der Waals surface area (Å²) in [6.07, 6.45) is 1.58. The molecule has 0 fully saturated rings. The number of aromatic amines is 1. The molecule has 0 saturated heterocycles. The molecule has 0 radical (unpaired) electrons. The van der Waals surface area contributed by atoms with E-state index in [4.69, 9.17) is 11.6 Å². The van der Waals surface area contributed by atoms with Gasteiger partial charge in [-0.3, -0.25) is 4.79 Å². The van der Waals surface area contributed by atoms with E-state index in [1.807, 2.05) is 12.1 Å². The van der Waals surface area contributed by atoms with Crippen molar-refractivity contribution in [2.24, 2.45) is 0 Å². The van der Waals surface area contributed by atoms with Gasteiger partial charge in [0.1, 0.15) is 11.9 Å². The van der Waals surface area contributed by atoms with E-state index in [0.29, 0.717) is 11.0 Å². The van der Waals surface area contributed by atoms with Crippen LogP contribution in [0.3, 0.4) is 0 Å². The number of carbonyl (C=O) groups excluding carboxylic acids is 1. The van der Waals surface area contributed by atoms with Gasteiger partial charge in [-0.15, -0.1) is 0 Å². The predicted octanol–water partition coefficient (Wildman–Crippen LogP) is -6.31. The Labute approximate surface area is 153 Å². The summed E-state index contributed by atoms with van der Waals surface area (Å²) in [6, 6.07) is 6.91. The molecular formula is C12H15Br2ClN6O. The van der Waals surface area contributed by atoms with E-state index in [0.717, 1.165) is 11.3 Å². The lowest BCUT2D eigenvalue weighted by Crippen LogP contribution is -3.00. The van der Waals surface area contributed by atoms with E-state index in [-0.39, 0.29) is 45.9 Å². The van der Waals surface area contributed by atoms with Gasteiger partial charge < -0.3 is 39.7 Å². The lowest BCUT2D eigenvalue weighted by molar-refractivity contribution is -0.398. The maximum atomic E-state index is 11.4. The number of hydrogen-bond donors (Lipinski definition) is 3. The van der Waals surface area contributed by atoms with E-state index in [2.05, 4.69) is 31.8 Å². The molecule has 6 N–H and O–H groups in total. The number of quaternary nitrogens is 1. The number of anilines is 1. The Hall–Kier alpha value is -1.29. The molecule has 1 atom stereocenters. The zero-order chi connectivity index (χ0) is 14.5. The molecule has 10 heteroatoms. The van der Waals surface area contributed by atoms with Gasteiger partial charge in [-0.05, 0) is 31.2 Å². The molecule has 1 aromatic heterocycles.